The van der Waals surface area contributed by atoms with Crippen LogP contribution in [0.1, 0.15) is 25.5 Å². The molecule has 0 aliphatic carbocycles. The fourth-order valence-electron chi connectivity index (χ4n) is 6.56. The number of para-hydroxylation sites is 6. The Morgan fingerprint density at radius 3 is 1.47 bits per heavy atom. The molecule has 3 N–H and O–H groups in total. The van der Waals surface area contributed by atoms with Gasteiger partial charge in [-0.05, 0) is 62.4 Å². The van der Waals surface area contributed by atoms with Crippen molar-refractivity contribution in [1.82, 2.24) is 40.0 Å². The van der Waals surface area contributed by atoms with Crippen LogP contribution in [0.2, 0.25) is 0 Å². The van der Waals surface area contributed by atoms with Crippen LogP contribution in [0.25, 0.3) is 33.2 Å². The maximum atomic E-state index is 13.4. The molecule has 0 atom stereocenters. The Labute approximate surface area is 326 Å². The van der Waals surface area contributed by atoms with E-state index >= 15 is 0 Å². The van der Waals surface area contributed by atoms with E-state index in [1.807, 2.05) is 105 Å². The highest BCUT2D eigenvalue weighted by molar-refractivity contribution is 6.16. The number of halogens is 1. The summed E-state index contributed by atoms with van der Waals surface area (Å²) in [6.07, 6.45) is 0. The highest BCUT2D eigenvalue weighted by Gasteiger charge is 2.19. The molecule has 13 heteroatoms. The Hall–Kier alpha value is -5.11. The molecule has 2 fully saturated rings. The van der Waals surface area contributed by atoms with Crippen molar-refractivity contribution >= 4 is 33.4 Å². The predicted molar refractivity (Wildman–Crippen MR) is 220 cm³/mol. The number of nitrogens with zero attached hydrogens (tertiary/aromatic N) is 5. The van der Waals surface area contributed by atoms with Gasteiger partial charge in [-0.3, -0.25) is 23.6 Å². The molecule has 8 rings (SSSR count). The molecule has 4 heterocycles. The second-order valence-electron chi connectivity index (χ2n) is 12.8. The van der Waals surface area contributed by atoms with Crippen LogP contribution in [-0.4, -0.2) is 89.6 Å². The first-order valence-electron chi connectivity index (χ1n) is 18.9. The molecule has 2 aromatic heterocycles. The van der Waals surface area contributed by atoms with Crippen molar-refractivity contribution in [3.05, 3.63) is 129 Å². The van der Waals surface area contributed by atoms with Crippen LogP contribution in [0.15, 0.2) is 107 Å². The van der Waals surface area contributed by atoms with E-state index in [2.05, 4.69) is 25.8 Å². The molecule has 55 heavy (non-hydrogen) atoms. The lowest BCUT2D eigenvalue weighted by Gasteiger charge is -2.28. The number of hydrogen-bond donors (Lipinski definition) is 3. The zero-order valence-corrected chi connectivity index (χ0v) is 32.2. The third kappa shape index (κ3) is 9.77. The van der Waals surface area contributed by atoms with Gasteiger partial charge in [0.05, 0.1) is 58.8 Å². The largest absolute Gasteiger partial charge is 0.492 e. The SMILES string of the molecule is C1CNCCN1.CCOc1ccccc1-n1c(CCl)nc2ccccc2c1=O.CCOc1ccccc1-n1c(CN2CCNCC2)nc2ccccc2c1=O. The highest BCUT2D eigenvalue weighted by Crippen LogP contribution is 2.25. The van der Waals surface area contributed by atoms with Crippen molar-refractivity contribution in [3.8, 4) is 22.9 Å². The van der Waals surface area contributed by atoms with Crippen molar-refractivity contribution in [2.45, 2.75) is 26.3 Å². The lowest BCUT2D eigenvalue weighted by molar-refractivity contribution is 0.226. The van der Waals surface area contributed by atoms with E-state index in [4.69, 9.17) is 26.1 Å². The minimum absolute atomic E-state index is 0.0575. The summed E-state index contributed by atoms with van der Waals surface area (Å²) in [5.41, 5.74) is 2.58. The van der Waals surface area contributed by atoms with Gasteiger partial charge < -0.3 is 25.4 Å². The third-order valence-corrected chi connectivity index (χ3v) is 9.39. The van der Waals surface area contributed by atoms with Crippen molar-refractivity contribution in [1.29, 1.82) is 0 Å². The van der Waals surface area contributed by atoms with E-state index in [1.54, 1.807) is 10.6 Å². The Balaban J connectivity index is 0.000000165. The molecule has 2 aliphatic rings. The van der Waals surface area contributed by atoms with E-state index < -0.39 is 0 Å². The van der Waals surface area contributed by atoms with Gasteiger partial charge in [-0.1, -0.05) is 48.5 Å². The highest BCUT2D eigenvalue weighted by atomic mass is 35.5. The number of rotatable bonds is 9. The monoisotopic (exact) mass is 764 g/mol. The zero-order chi connectivity index (χ0) is 38.4. The van der Waals surface area contributed by atoms with Crippen LogP contribution >= 0.6 is 11.6 Å². The van der Waals surface area contributed by atoms with Gasteiger partial charge in [0, 0.05) is 52.4 Å². The fraction of sp³-hybridized carbons (Fsp3) is 0.333. The standard InChI is InChI=1S/C21H24N4O2.C17H15ClN2O2.C4H10N2/c1-2-27-19-10-6-5-9-18(19)25-20(15-24-13-11-22-12-14-24)23-17-8-4-3-7-16(17)21(25)26;1-2-22-15-10-6-5-9-14(15)20-16(11-18)19-13-8-4-3-7-12(13)17(20)21;1-2-6-4-3-5-1/h3-10,22H,2,11-15H2,1H3;3-10H,2,11H2,1H3;5-6H,1-4H2. The minimum atomic E-state index is -0.145. The molecule has 0 saturated carbocycles. The van der Waals surface area contributed by atoms with Crippen LogP contribution in [0.5, 0.6) is 11.5 Å². The molecule has 0 radical (unpaired) electrons. The smallest absolute Gasteiger partial charge is 0.266 e. The number of fused-ring (bicyclic) bond motifs is 2. The first-order chi connectivity index (χ1) is 27.0. The van der Waals surface area contributed by atoms with E-state index in [0.717, 1.165) is 69.4 Å². The second kappa shape index (κ2) is 20.0. The molecule has 0 bridgehead atoms. The minimum Gasteiger partial charge on any atom is -0.492 e. The van der Waals surface area contributed by atoms with Crippen molar-refractivity contribution < 1.29 is 9.47 Å². The maximum absolute atomic E-state index is 13.4. The van der Waals surface area contributed by atoms with Gasteiger partial charge in [0.2, 0.25) is 0 Å². The Morgan fingerprint density at radius 1 is 0.582 bits per heavy atom. The van der Waals surface area contributed by atoms with Gasteiger partial charge in [0.1, 0.15) is 23.1 Å². The van der Waals surface area contributed by atoms with E-state index in [-0.39, 0.29) is 17.0 Å². The Kier molecular flexibility index (Phi) is 14.4. The average molecular weight is 765 g/mol. The summed E-state index contributed by atoms with van der Waals surface area (Å²) in [6, 6.07) is 29.8. The molecule has 4 aromatic carbocycles. The van der Waals surface area contributed by atoms with Crippen molar-refractivity contribution in [2.75, 3.05) is 65.6 Å². The summed E-state index contributed by atoms with van der Waals surface area (Å²) < 4.78 is 14.7. The number of alkyl halides is 1. The normalized spacial score (nSPS) is 14.4. The first kappa shape index (κ1) is 39.6. The van der Waals surface area contributed by atoms with Crippen LogP contribution < -0.4 is 36.5 Å². The summed E-state index contributed by atoms with van der Waals surface area (Å²) in [7, 11) is 0. The van der Waals surface area contributed by atoms with E-state index in [1.165, 1.54) is 4.57 Å². The molecule has 0 spiro atoms. The topological polar surface area (TPSA) is 128 Å². The lowest BCUT2D eigenvalue weighted by atomic mass is 10.2. The number of piperazine rings is 2. The van der Waals surface area contributed by atoms with Gasteiger partial charge in [0.25, 0.3) is 11.1 Å². The molecule has 0 amide bonds. The van der Waals surface area contributed by atoms with Gasteiger partial charge in [-0.15, -0.1) is 11.6 Å². The van der Waals surface area contributed by atoms with Crippen molar-refractivity contribution in [2.24, 2.45) is 0 Å². The molecular formula is C42H49ClN8O4. The predicted octanol–water partition coefficient (Wildman–Crippen LogP) is 4.89. The summed E-state index contributed by atoms with van der Waals surface area (Å²) in [4.78, 5) is 37.9. The van der Waals surface area contributed by atoms with Gasteiger partial charge in [-0.25, -0.2) is 9.97 Å². The average Bonchev–Trinajstić information content (AvgIpc) is 3.23. The Morgan fingerprint density at radius 2 is 1.00 bits per heavy atom. The number of nitrogens with one attached hydrogen (secondary N) is 3. The van der Waals surface area contributed by atoms with Crippen LogP contribution in [0.3, 0.4) is 0 Å². The maximum Gasteiger partial charge on any atom is 0.266 e. The first-order valence-corrected chi connectivity index (χ1v) is 19.4. The summed E-state index contributed by atoms with van der Waals surface area (Å²) in [5.74, 6) is 2.71. The van der Waals surface area contributed by atoms with Crippen LogP contribution in [0, 0.1) is 0 Å². The number of benzene rings is 4. The van der Waals surface area contributed by atoms with Gasteiger partial charge in [0.15, 0.2) is 0 Å². The summed E-state index contributed by atoms with van der Waals surface area (Å²) >= 11 is 6.02. The van der Waals surface area contributed by atoms with Crippen LogP contribution in [-0.2, 0) is 12.4 Å². The quantitative estimate of drug-likeness (QED) is 0.175. The van der Waals surface area contributed by atoms with Gasteiger partial charge in [-0.2, -0.15) is 0 Å². The van der Waals surface area contributed by atoms with Gasteiger partial charge >= 0.3 is 0 Å². The number of hydrogen-bond acceptors (Lipinski definition) is 10. The summed E-state index contributed by atoms with van der Waals surface area (Å²) in [5, 5.41) is 11.0. The molecule has 0 unspecified atom stereocenters. The second-order valence-corrected chi connectivity index (χ2v) is 13.1. The Bertz CT molecular complexity index is 2270. The zero-order valence-electron chi connectivity index (χ0n) is 31.5. The van der Waals surface area contributed by atoms with Crippen LogP contribution in [0.4, 0.5) is 0 Å². The molecular weight excluding hydrogens is 716 g/mol. The molecule has 288 valence electrons. The van der Waals surface area contributed by atoms with E-state index in [0.29, 0.717) is 59.1 Å². The summed E-state index contributed by atoms with van der Waals surface area (Å²) in [6.45, 7) is 13.9. The molecule has 2 saturated heterocycles. The number of aromatic nitrogens is 4. The fourth-order valence-corrected chi connectivity index (χ4v) is 6.74. The molecule has 2 aliphatic heterocycles. The third-order valence-electron chi connectivity index (χ3n) is 9.15. The number of ether oxygens (including phenoxy) is 2. The molecule has 12 nitrogen and oxygen atoms in total. The van der Waals surface area contributed by atoms with Crippen molar-refractivity contribution in [3.63, 3.8) is 0 Å². The lowest BCUT2D eigenvalue weighted by Crippen LogP contribution is -2.44. The molecule has 6 aromatic rings. The van der Waals surface area contributed by atoms with E-state index in [9.17, 15) is 9.59 Å².